The number of carboxylic acid groups (broad SMARTS) is 1. The quantitative estimate of drug-likeness (QED) is 0.845. The summed E-state index contributed by atoms with van der Waals surface area (Å²) in [7, 11) is 0. The number of benzene rings is 1. The smallest absolute Gasteiger partial charge is 0.422 e. The Morgan fingerprint density at radius 1 is 1.29 bits per heavy atom. The van der Waals surface area contributed by atoms with E-state index in [1.807, 2.05) is 0 Å². The Labute approximate surface area is 96.4 Å². The summed E-state index contributed by atoms with van der Waals surface area (Å²) in [5.74, 6) is -1.84. The van der Waals surface area contributed by atoms with Crippen LogP contribution < -0.4 is 4.90 Å². The second-order valence-corrected chi connectivity index (χ2v) is 3.48. The number of rotatable bonds is 3. The highest BCUT2D eigenvalue weighted by Gasteiger charge is 2.42. The summed E-state index contributed by atoms with van der Waals surface area (Å²) in [5.41, 5.74) is 0.371. The maximum Gasteiger partial charge on any atom is 0.422 e. The molecule has 1 aliphatic rings. The maximum atomic E-state index is 11.8. The predicted octanol–water partition coefficient (Wildman–Crippen LogP) is 1.01. The lowest BCUT2D eigenvalue weighted by molar-refractivity contribution is -0.141. The monoisotopic (exact) mass is 235 g/mol. The summed E-state index contributed by atoms with van der Waals surface area (Å²) in [6.07, 6.45) is -2.60. The van der Waals surface area contributed by atoms with Gasteiger partial charge in [-0.2, -0.15) is 0 Å². The van der Waals surface area contributed by atoms with E-state index < -0.39 is 30.5 Å². The molecule has 0 aliphatic carbocycles. The van der Waals surface area contributed by atoms with Gasteiger partial charge in [0.2, 0.25) is 0 Å². The minimum absolute atomic E-state index is 0.371. The average molecular weight is 235 g/mol. The maximum absolute atomic E-state index is 11.8. The van der Waals surface area contributed by atoms with E-state index in [1.54, 1.807) is 30.3 Å². The van der Waals surface area contributed by atoms with Gasteiger partial charge < -0.3 is 9.84 Å². The summed E-state index contributed by atoms with van der Waals surface area (Å²) >= 11 is 0. The van der Waals surface area contributed by atoms with E-state index in [0.717, 1.165) is 4.90 Å². The highest BCUT2D eigenvalue weighted by Crippen LogP contribution is 2.23. The van der Waals surface area contributed by atoms with Gasteiger partial charge in [-0.25, -0.2) is 9.69 Å². The van der Waals surface area contributed by atoms with E-state index in [0.29, 0.717) is 5.69 Å². The molecular weight excluding hydrogens is 226 g/mol. The Hall–Kier alpha value is -2.37. The van der Waals surface area contributed by atoms with Crippen LogP contribution in [0.3, 0.4) is 0 Å². The van der Waals surface area contributed by atoms with Crippen LogP contribution in [0, 0.1) is 0 Å². The number of carbonyl (C=O) groups is 3. The Balaban J connectivity index is 2.23. The standard InChI is InChI=1S/C11H9NO5/c13-9(14)6-8-10(15)12(11(16)17-8)7-4-2-1-3-5-7/h1-5,8H,6H2,(H,13,14)/t8-/m1/s1. The van der Waals surface area contributed by atoms with Crippen molar-refractivity contribution in [1.29, 1.82) is 0 Å². The Morgan fingerprint density at radius 2 is 1.94 bits per heavy atom. The molecule has 1 heterocycles. The van der Waals surface area contributed by atoms with Gasteiger partial charge in [-0.15, -0.1) is 0 Å². The molecule has 0 aromatic heterocycles. The third-order valence-electron chi connectivity index (χ3n) is 2.30. The zero-order chi connectivity index (χ0) is 12.4. The molecule has 0 radical (unpaired) electrons. The summed E-state index contributed by atoms with van der Waals surface area (Å²) in [6, 6.07) is 8.22. The van der Waals surface area contributed by atoms with Gasteiger partial charge in [0, 0.05) is 0 Å². The first-order chi connectivity index (χ1) is 8.09. The fourth-order valence-corrected chi connectivity index (χ4v) is 1.56. The number of imide groups is 1. The second kappa shape index (κ2) is 4.25. The summed E-state index contributed by atoms with van der Waals surface area (Å²) in [4.78, 5) is 34.6. The third-order valence-corrected chi connectivity index (χ3v) is 2.30. The number of ether oxygens (including phenoxy) is 1. The Morgan fingerprint density at radius 3 is 2.53 bits per heavy atom. The lowest BCUT2D eigenvalue weighted by atomic mass is 10.2. The first-order valence-electron chi connectivity index (χ1n) is 4.91. The number of nitrogens with zero attached hydrogens (tertiary/aromatic N) is 1. The zero-order valence-corrected chi connectivity index (χ0v) is 8.70. The first-order valence-corrected chi connectivity index (χ1v) is 4.91. The molecule has 6 nitrogen and oxygen atoms in total. The molecule has 1 aromatic rings. The first kappa shape index (κ1) is 11.1. The van der Waals surface area contributed by atoms with E-state index in [-0.39, 0.29) is 0 Å². The molecule has 1 N–H and O–H groups in total. The molecule has 2 amide bonds. The number of hydrogen-bond acceptors (Lipinski definition) is 4. The van der Waals surface area contributed by atoms with Crippen molar-refractivity contribution in [3.63, 3.8) is 0 Å². The molecule has 1 fully saturated rings. The van der Waals surface area contributed by atoms with E-state index >= 15 is 0 Å². The molecule has 0 bridgehead atoms. The van der Waals surface area contributed by atoms with Gasteiger partial charge in [0.25, 0.3) is 5.91 Å². The molecule has 1 aliphatic heterocycles. The molecule has 6 heteroatoms. The van der Waals surface area contributed by atoms with Crippen molar-refractivity contribution in [3.05, 3.63) is 30.3 Å². The van der Waals surface area contributed by atoms with Crippen LogP contribution in [-0.4, -0.2) is 29.2 Å². The van der Waals surface area contributed by atoms with Crippen LogP contribution in [0.15, 0.2) is 30.3 Å². The summed E-state index contributed by atoms with van der Waals surface area (Å²) in [5, 5.41) is 8.57. The average Bonchev–Trinajstić information content (AvgIpc) is 2.54. The minimum atomic E-state index is -1.24. The van der Waals surface area contributed by atoms with Crippen molar-refractivity contribution in [2.24, 2.45) is 0 Å². The van der Waals surface area contributed by atoms with Gasteiger partial charge in [-0.3, -0.25) is 9.59 Å². The van der Waals surface area contributed by atoms with Crippen molar-refractivity contribution in [2.45, 2.75) is 12.5 Å². The molecule has 1 atom stereocenters. The van der Waals surface area contributed by atoms with Crippen LogP contribution in [0.2, 0.25) is 0 Å². The molecular formula is C11H9NO5. The number of cyclic esters (lactones) is 1. The van der Waals surface area contributed by atoms with Gasteiger partial charge in [-0.05, 0) is 12.1 Å². The molecule has 17 heavy (non-hydrogen) atoms. The molecule has 88 valence electrons. The molecule has 0 spiro atoms. The van der Waals surface area contributed by atoms with E-state index in [9.17, 15) is 14.4 Å². The van der Waals surface area contributed by atoms with Crippen molar-refractivity contribution in [2.75, 3.05) is 4.90 Å². The third kappa shape index (κ3) is 2.10. The molecule has 1 aromatic carbocycles. The summed E-state index contributed by atoms with van der Waals surface area (Å²) < 4.78 is 4.71. The minimum Gasteiger partial charge on any atom is -0.481 e. The fraction of sp³-hybridized carbons (Fsp3) is 0.182. The number of amides is 2. The number of para-hydroxylation sites is 1. The SMILES string of the molecule is O=C(O)C[C@H]1OC(=O)N(c2ccccc2)C1=O. The normalized spacial score (nSPS) is 19.3. The fourth-order valence-electron chi connectivity index (χ4n) is 1.56. The number of carbonyl (C=O) groups excluding carboxylic acids is 2. The molecule has 1 saturated heterocycles. The van der Waals surface area contributed by atoms with Crippen LogP contribution in [0.1, 0.15) is 6.42 Å². The number of anilines is 1. The van der Waals surface area contributed by atoms with Crippen LogP contribution in [0.5, 0.6) is 0 Å². The van der Waals surface area contributed by atoms with Crippen LogP contribution in [-0.2, 0) is 14.3 Å². The van der Waals surface area contributed by atoms with Crippen LogP contribution in [0.25, 0.3) is 0 Å². The van der Waals surface area contributed by atoms with Crippen molar-refractivity contribution in [1.82, 2.24) is 0 Å². The number of hydrogen-bond donors (Lipinski definition) is 1. The summed E-state index contributed by atoms with van der Waals surface area (Å²) in [6.45, 7) is 0. The zero-order valence-electron chi connectivity index (χ0n) is 8.70. The van der Waals surface area contributed by atoms with E-state index in [2.05, 4.69) is 0 Å². The lowest BCUT2D eigenvalue weighted by Gasteiger charge is -2.10. The number of aliphatic carboxylic acids is 1. The Kier molecular flexibility index (Phi) is 2.78. The number of carboxylic acids is 1. The van der Waals surface area contributed by atoms with Crippen LogP contribution >= 0.6 is 0 Å². The molecule has 2 rings (SSSR count). The molecule has 0 saturated carbocycles. The molecule has 0 unspecified atom stereocenters. The topological polar surface area (TPSA) is 83.9 Å². The van der Waals surface area contributed by atoms with Crippen molar-refractivity contribution < 1.29 is 24.2 Å². The second-order valence-electron chi connectivity index (χ2n) is 3.48. The van der Waals surface area contributed by atoms with Crippen molar-refractivity contribution in [3.8, 4) is 0 Å². The van der Waals surface area contributed by atoms with Gasteiger partial charge in [0.15, 0.2) is 6.10 Å². The van der Waals surface area contributed by atoms with Gasteiger partial charge >= 0.3 is 12.1 Å². The highest BCUT2D eigenvalue weighted by molar-refractivity contribution is 6.18. The lowest BCUT2D eigenvalue weighted by Crippen LogP contribution is -2.32. The van der Waals surface area contributed by atoms with E-state index in [4.69, 9.17) is 9.84 Å². The van der Waals surface area contributed by atoms with E-state index in [1.165, 1.54) is 0 Å². The van der Waals surface area contributed by atoms with Gasteiger partial charge in [0.1, 0.15) is 0 Å². The largest absolute Gasteiger partial charge is 0.481 e. The van der Waals surface area contributed by atoms with Gasteiger partial charge in [-0.1, -0.05) is 18.2 Å². The highest BCUT2D eigenvalue weighted by atomic mass is 16.6. The van der Waals surface area contributed by atoms with Gasteiger partial charge in [0.05, 0.1) is 12.1 Å². The van der Waals surface area contributed by atoms with Crippen LogP contribution in [0.4, 0.5) is 10.5 Å². The predicted molar refractivity (Wildman–Crippen MR) is 56.4 cm³/mol. The van der Waals surface area contributed by atoms with Crippen molar-refractivity contribution >= 4 is 23.7 Å². The Bertz CT molecular complexity index is 470.